The second-order valence-electron chi connectivity index (χ2n) is 8.03. The number of halogens is 4. The maximum absolute atomic E-state index is 14.7. The Labute approximate surface area is 179 Å². The molecule has 3 aromatic carbocycles. The summed E-state index contributed by atoms with van der Waals surface area (Å²) in [6.45, 7) is 1.98. The van der Waals surface area contributed by atoms with Gasteiger partial charge in [0.15, 0.2) is 11.6 Å². The lowest BCUT2D eigenvalue weighted by molar-refractivity contribution is 0.489. The summed E-state index contributed by atoms with van der Waals surface area (Å²) in [5.41, 5.74) is 4.22. The molecule has 1 aliphatic rings. The molecule has 0 nitrogen and oxygen atoms in total. The monoisotopic (exact) mass is 422 g/mol. The predicted molar refractivity (Wildman–Crippen MR) is 114 cm³/mol. The molecule has 0 aliphatic heterocycles. The molecular formula is C27H22F4. The minimum atomic E-state index is -0.925. The van der Waals surface area contributed by atoms with Crippen LogP contribution in [0.2, 0.25) is 0 Å². The van der Waals surface area contributed by atoms with Crippen LogP contribution in [0.1, 0.15) is 59.1 Å². The summed E-state index contributed by atoms with van der Waals surface area (Å²) >= 11 is 0. The molecule has 0 N–H and O–H groups in total. The van der Waals surface area contributed by atoms with E-state index in [1.54, 1.807) is 0 Å². The fourth-order valence-electron chi connectivity index (χ4n) is 4.26. The molecule has 0 bridgehead atoms. The molecule has 0 saturated heterocycles. The molecule has 1 aliphatic carbocycles. The van der Waals surface area contributed by atoms with Crippen LogP contribution in [-0.2, 0) is 19.3 Å². The fraction of sp³-hybridized carbons (Fsp3) is 0.259. The third kappa shape index (κ3) is 4.66. The number of fused-ring (bicyclic) bond motifs is 1. The lowest BCUT2D eigenvalue weighted by atomic mass is 9.79. The Bertz CT molecular complexity index is 1160. The first-order valence-corrected chi connectivity index (χ1v) is 10.5. The third-order valence-electron chi connectivity index (χ3n) is 5.79. The van der Waals surface area contributed by atoms with Gasteiger partial charge < -0.3 is 0 Å². The molecule has 0 fully saturated rings. The lowest BCUT2D eigenvalue weighted by Gasteiger charge is -2.26. The molecule has 3 aromatic rings. The van der Waals surface area contributed by atoms with Gasteiger partial charge in [0.25, 0.3) is 0 Å². The van der Waals surface area contributed by atoms with E-state index in [-0.39, 0.29) is 11.5 Å². The number of benzene rings is 3. The van der Waals surface area contributed by atoms with Gasteiger partial charge in [0.1, 0.15) is 11.6 Å². The van der Waals surface area contributed by atoms with E-state index in [9.17, 15) is 17.6 Å². The van der Waals surface area contributed by atoms with Crippen molar-refractivity contribution in [1.82, 2.24) is 0 Å². The van der Waals surface area contributed by atoms with Crippen LogP contribution in [0.3, 0.4) is 0 Å². The zero-order chi connectivity index (χ0) is 22.0. The Balaban J connectivity index is 1.54. The Morgan fingerprint density at radius 3 is 2.13 bits per heavy atom. The highest BCUT2D eigenvalue weighted by Gasteiger charge is 2.26. The molecule has 0 radical (unpaired) electrons. The molecule has 0 aromatic heterocycles. The van der Waals surface area contributed by atoms with Crippen molar-refractivity contribution in [3.05, 3.63) is 105 Å². The second-order valence-corrected chi connectivity index (χ2v) is 8.03. The third-order valence-corrected chi connectivity index (χ3v) is 5.79. The summed E-state index contributed by atoms with van der Waals surface area (Å²) in [7, 11) is 0. The second kappa shape index (κ2) is 8.98. The highest BCUT2D eigenvalue weighted by Crippen LogP contribution is 2.36. The van der Waals surface area contributed by atoms with E-state index in [1.807, 2.05) is 25.1 Å². The molecule has 0 heterocycles. The zero-order valence-corrected chi connectivity index (χ0v) is 17.2. The normalized spacial score (nSPS) is 15.2. The standard InChI is InChI=1S/C27H22F4/c1-2-3-19-14-25(30)27(26(31)15-19)22-10-9-20-12-17(6-8-21(20)16-22)4-5-18-7-11-23(28)24(29)13-18/h6-8,11-15,22H,2-3,9-10,16H2,1H3. The van der Waals surface area contributed by atoms with Crippen LogP contribution in [0, 0.1) is 35.1 Å². The van der Waals surface area contributed by atoms with Crippen LogP contribution in [-0.4, -0.2) is 0 Å². The number of aryl methyl sites for hydroxylation is 2. The van der Waals surface area contributed by atoms with Crippen molar-refractivity contribution in [1.29, 1.82) is 0 Å². The van der Waals surface area contributed by atoms with E-state index in [2.05, 4.69) is 11.8 Å². The van der Waals surface area contributed by atoms with Crippen LogP contribution >= 0.6 is 0 Å². The summed E-state index contributed by atoms with van der Waals surface area (Å²) in [4.78, 5) is 0. The van der Waals surface area contributed by atoms with Crippen molar-refractivity contribution in [3.63, 3.8) is 0 Å². The first-order chi connectivity index (χ1) is 14.9. The first kappa shape index (κ1) is 21.2. The van der Waals surface area contributed by atoms with E-state index >= 15 is 0 Å². The van der Waals surface area contributed by atoms with Gasteiger partial charge in [-0.05, 0) is 90.8 Å². The molecule has 31 heavy (non-hydrogen) atoms. The van der Waals surface area contributed by atoms with Crippen molar-refractivity contribution in [2.24, 2.45) is 0 Å². The van der Waals surface area contributed by atoms with E-state index in [0.717, 1.165) is 35.2 Å². The molecule has 4 heteroatoms. The Morgan fingerprint density at radius 2 is 1.45 bits per heavy atom. The van der Waals surface area contributed by atoms with Crippen LogP contribution in [0.5, 0.6) is 0 Å². The first-order valence-electron chi connectivity index (χ1n) is 10.5. The fourth-order valence-corrected chi connectivity index (χ4v) is 4.26. The van der Waals surface area contributed by atoms with Gasteiger partial charge in [-0.15, -0.1) is 0 Å². The molecule has 0 amide bonds. The Hall–Kier alpha value is -3.06. The van der Waals surface area contributed by atoms with Crippen LogP contribution in [0.15, 0.2) is 48.5 Å². The maximum atomic E-state index is 14.7. The van der Waals surface area contributed by atoms with Gasteiger partial charge in [-0.1, -0.05) is 31.3 Å². The van der Waals surface area contributed by atoms with E-state index in [0.29, 0.717) is 36.8 Å². The smallest absolute Gasteiger partial charge is 0.160 e. The van der Waals surface area contributed by atoms with Crippen LogP contribution in [0.4, 0.5) is 17.6 Å². The number of hydrogen-bond donors (Lipinski definition) is 0. The topological polar surface area (TPSA) is 0 Å². The minimum Gasteiger partial charge on any atom is -0.207 e. The highest BCUT2D eigenvalue weighted by atomic mass is 19.2. The summed E-state index contributed by atoms with van der Waals surface area (Å²) in [5.74, 6) is 2.90. The molecule has 1 unspecified atom stereocenters. The SMILES string of the molecule is CCCc1cc(F)c(C2CCc3cc(C#Cc4ccc(F)c(F)c4)ccc3C2)c(F)c1. The zero-order valence-electron chi connectivity index (χ0n) is 17.2. The molecule has 1 atom stereocenters. The van der Waals surface area contributed by atoms with Gasteiger partial charge in [-0.3, -0.25) is 0 Å². The minimum absolute atomic E-state index is 0.188. The van der Waals surface area contributed by atoms with E-state index in [4.69, 9.17) is 0 Å². The van der Waals surface area contributed by atoms with Crippen LogP contribution < -0.4 is 0 Å². The Kier molecular flexibility index (Phi) is 6.13. The number of rotatable bonds is 3. The molecule has 158 valence electrons. The predicted octanol–water partition coefficient (Wildman–Crippen LogP) is 6.87. The summed E-state index contributed by atoms with van der Waals surface area (Å²) in [6.07, 6.45) is 3.45. The molecule has 0 spiro atoms. The average Bonchev–Trinajstić information content (AvgIpc) is 2.74. The molecule has 4 rings (SSSR count). The lowest BCUT2D eigenvalue weighted by Crippen LogP contribution is -2.16. The van der Waals surface area contributed by atoms with Crippen molar-refractivity contribution < 1.29 is 17.6 Å². The van der Waals surface area contributed by atoms with Crippen molar-refractivity contribution in [2.45, 2.75) is 44.9 Å². The molecule has 0 saturated carbocycles. The summed E-state index contributed by atoms with van der Waals surface area (Å²) in [6, 6.07) is 12.3. The molecular weight excluding hydrogens is 400 g/mol. The summed E-state index contributed by atoms with van der Waals surface area (Å²) in [5, 5.41) is 0. The maximum Gasteiger partial charge on any atom is 0.160 e. The van der Waals surface area contributed by atoms with Crippen molar-refractivity contribution in [3.8, 4) is 11.8 Å². The van der Waals surface area contributed by atoms with Gasteiger partial charge in [0, 0.05) is 16.7 Å². The largest absolute Gasteiger partial charge is 0.207 e. The van der Waals surface area contributed by atoms with Gasteiger partial charge in [0.2, 0.25) is 0 Å². The van der Waals surface area contributed by atoms with E-state index in [1.165, 1.54) is 18.2 Å². The number of hydrogen-bond acceptors (Lipinski definition) is 0. The Morgan fingerprint density at radius 1 is 0.774 bits per heavy atom. The van der Waals surface area contributed by atoms with Gasteiger partial charge in [-0.25, -0.2) is 17.6 Å². The quantitative estimate of drug-likeness (QED) is 0.319. The highest BCUT2D eigenvalue weighted by molar-refractivity contribution is 5.47. The van der Waals surface area contributed by atoms with E-state index < -0.39 is 23.3 Å². The van der Waals surface area contributed by atoms with Gasteiger partial charge in [-0.2, -0.15) is 0 Å². The van der Waals surface area contributed by atoms with Crippen molar-refractivity contribution >= 4 is 0 Å². The van der Waals surface area contributed by atoms with Gasteiger partial charge in [0.05, 0.1) is 0 Å². The summed E-state index contributed by atoms with van der Waals surface area (Å²) < 4.78 is 55.7. The van der Waals surface area contributed by atoms with Gasteiger partial charge >= 0.3 is 0 Å². The van der Waals surface area contributed by atoms with Crippen molar-refractivity contribution in [2.75, 3.05) is 0 Å². The average molecular weight is 422 g/mol. The van der Waals surface area contributed by atoms with Crippen LogP contribution in [0.25, 0.3) is 0 Å².